The van der Waals surface area contributed by atoms with Gasteiger partial charge in [0.2, 0.25) is 0 Å². The van der Waals surface area contributed by atoms with Gasteiger partial charge in [-0.2, -0.15) is 0 Å². The average Bonchev–Trinajstić information content (AvgIpc) is 1.61. The van der Waals surface area contributed by atoms with Crippen LogP contribution in [-0.4, -0.2) is 11.9 Å². The second-order valence-corrected chi connectivity index (χ2v) is 1.24. The Kier molecular flexibility index (Phi) is 13.9. The molecule has 0 aliphatic carbocycles. The maximum absolute atomic E-state index is 9.50. The Bertz CT molecular complexity index is 99.8. The molecule has 0 saturated heterocycles. The summed E-state index contributed by atoms with van der Waals surface area (Å²) in [5.74, 6) is -2.73. The Hall–Kier alpha value is -0.480. The van der Waals surface area contributed by atoms with E-state index in [0.29, 0.717) is 0 Å². The molecule has 0 amide bonds. The molecule has 0 aromatic carbocycles. The van der Waals surface area contributed by atoms with Crippen molar-refractivity contribution in [3.8, 4) is 0 Å². The van der Waals surface area contributed by atoms with Crippen molar-refractivity contribution in [1.29, 1.82) is 0 Å². The van der Waals surface area contributed by atoms with Crippen molar-refractivity contribution in [3.05, 3.63) is 0 Å². The van der Waals surface area contributed by atoms with Crippen LogP contribution < -0.4 is 35.0 Å². The summed E-state index contributed by atoms with van der Waals surface area (Å²) in [5, 5.41) is 19.0. The van der Waals surface area contributed by atoms with E-state index in [0.717, 1.165) is 0 Å². The zero-order valence-electron chi connectivity index (χ0n) is 4.80. The zero-order chi connectivity index (χ0) is 6.57. The van der Waals surface area contributed by atoms with Crippen LogP contribution in [0.3, 0.4) is 0 Å². The molecule has 10 heavy (non-hydrogen) atoms. The fraction of sp³-hybridized carbons (Fsp3) is 0.500. The number of rotatable bonds is 3. The number of carbonyl (C=O) groups is 2. The minimum atomic E-state index is -1.37. The monoisotopic (exact) mass is 186 g/mol. The molecule has 62 valence electrons. The molecular formula is C4H4Cl2O4-4. The highest BCUT2D eigenvalue weighted by atomic mass is 35.5. The van der Waals surface area contributed by atoms with Gasteiger partial charge in [0.15, 0.2) is 0 Å². The van der Waals surface area contributed by atoms with E-state index in [4.69, 9.17) is 0 Å². The molecule has 6 heteroatoms. The summed E-state index contributed by atoms with van der Waals surface area (Å²) in [4.78, 5) is 19.0. The van der Waals surface area contributed by atoms with Crippen molar-refractivity contribution in [2.75, 3.05) is 0 Å². The lowest BCUT2D eigenvalue weighted by Crippen LogP contribution is -3.00. The van der Waals surface area contributed by atoms with Crippen LogP contribution >= 0.6 is 0 Å². The zero-order valence-corrected chi connectivity index (χ0v) is 6.31. The molecule has 0 saturated carbocycles. The van der Waals surface area contributed by atoms with Crippen molar-refractivity contribution < 1.29 is 44.6 Å². The Labute approximate surface area is 70.1 Å². The normalized spacial score (nSPS) is 6.80. The van der Waals surface area contributed by atoms with Crippen LogP contribution in [0.4, 0.5) is 0 Å². The second-order valence-electron chi connectivity index (χ2n) is 1.24. The summed E-state index contributed by atoms with van der Waals surface area (Å²) in [6.45, 7) is 0. The Balaban J connectivity index is -0.000000245. The van der Waals surface area contributed by atoms with Crippen LogP contribution in [0, 0.1) is 0 Å². The highest BCUT2D eigenvalue weighted by molar-refractivity contribution is 5.72. The molecule has 0 rings (SSSR count). The maximum atomic E-state index is 9.50. The lowest BCUT2D eigenvalue weighted by atomic mass is 10.3. The first kappa shape index (κ1) is 16.3. The Morgan fingerprint density at radius 1 is 0.900 bits per heavy atom. The van der Waals surface area contributed by atoms with Gasteiger partial charge in [-0.15, -0.1) is 0 Å². The number of hydrogen-bond donors (Lipinski definition) is 0. The summed E-state index contributed by atoms with van der Waals surface area (Å²) in [7, 11) is 0. The van der Waals surface area contributed by atoms with E-state index in [9.17, 15) is 19.8 Å². The summed E-state index contributed by atoms with van der Waals surface area (Å²) >= 11 is 0. The average molecular weight is 187 g/mol. The molecule has 0 atom stereocenters. The van der Waals surface area contributed by atoms with Crippen molar-refractivity contribution in [2.45, 2.75) is 12.8 Å². The molecule has 0 bridgehead atoms. The third-order valence-electron chi connectivity index (χ3n) is 0.533. The minimum Gasteiger partial charge on any atom is -1.00 e. The largest absolute Gasteiger partial charge is 1.00 e. The number of aliphatic carboxylic acids is 2. The summed E-state index contributed by atoms with van der Waals surface area (Å²) in [6.07, 6.45) is -0.940. The number of carbonyl (C=O) groups excluding carboxylic acids is 2. The van der Waals surface area contributed by atoms with Crippen LogP contribution in [0.15, 0.2) is 0 Å². The van der Waals surface area contributed by atoms with Crippen LogP contribution in [0.5, 0.6) is 0 Å². The molecule has 0 aromatic rings. The van der Waals surface area contributed by atoms with Crippen LogP contribution in [0.2, 0.25) is 0 Å². The highest BCUT2D eigenvalue weighted by Gasteiger charge is 1.85. The maximum Gasteiger partial charge on any atom is 0.0418 e. The number of hydrogen-bond acceptors (Lipinski definition) is 4. The molecule has 0 N–H and O–H groups in total. The van der Waals surface area contributed by atoms with E-state index >= 15 is 0 Å². The first-order valence-electron chi connectivity index (χ1n) is 2.02. The standard InChI is InChI=1S/C4H6O4.2ClH/c5-3(6)1-2-4(7)8;;/h1-2H2,(H,5,6)(H,7,8);2*1H/p-4. The Morgan fingerprint density at radius 2 is 1.10 bits per heavy atom. The molecule has 0 aromatic heterocycles. The van der Waals surface area contributed by atoms with Crippen LogP contribution in [-0.2, 0) is 9.59 Å². The van der Waals surface area contributed by atoms with Crippen molar-refractivity contribution in [1.82, 2.24) is 0 Å². The lowest BCUT2D eigenvalue weighted by Gasteiger charge is -2.00. The van der Waals surface area contributed by atoms with E-state index < -0.39 is 24.8 Å². The van der Waals surface area contributed by atoms with E-state index in [2.05, 4.69) is 0 Å². The number of carboxylic acids is 2. The molecular weight excluding hydrogens is 183 g/mol. The van der Waals surface area contributed by atoms with Gasteiger partial charge >= 0.3 is 0 Å². The van der Waals surface area contributed by atoms with Gasteiger partial charge in [-0.25, -0.2) is 0 Å². The third kappa shape index (κ3) is 15.6. The second kappa shape index (κ2) is 8.52. The van der Waals surface area contributed by atoms with Gasteiger partial charge in [0.25, 0.3) is 0 Å². The molecule has 0 aliphatic rings. The van der Waals surface area contributed by atoms with Gasteiger partial charge in [0, 0.05) is 11.9 Å². The quantitative estimate of drug-likeness (QED) is 0.439. The van der Waals surface area contributed by atoms with Gasteiger partial charge in [-0.3, -0.25) is 0 Å². The first-order chi connectivity index (χ1) is 3.63. The van der Waals surface area contributed by atoms with Gasteiger partial charge in [0.1, 0.15) is 0 Å². The molecule has 0 spiro atoms. The van der Waals surface area contributed by atoms with Gasteiger partial charge in [-0.1, -0.05) is 0 Å². The molecule has 0 unspecified atom stereocenters. The summed E-state index contributed by atoms with van der Waals surface area (Å²) in [6, 6.07) is 0. The highest BCUT2D eigenvalue weighted by Crippen LogP contribution is 1.81. The fourth-order valence-electron chi connectivity index (χ4n) is 0.204. The predicted molar refractivity (Wildman–Crippen MR) is 19.2 cm³/mol. The van der Waals surface area contributed by atoms with Gasteiger partial charge < -0.3 is 44.6 Å². The van der Waals surface area contributed by atoms with Crippen molar-refractivity contribution in [2.24, 2.45) is 0 Å². The molecule has 4 nitrogen and oxygen atoms in total. The molecule has 0 fully saturated rings. The molecule has 0 aliphatic heterocycles. The lowest BCUT2D eigenvalue weighted by molar-refractivity contribution is -0.315. The smallest absolute Gasteiger partial charge is 0.0418 e. The van der Waals surface area contributed by atoms with Gasteiger partial charge in [-0.05, 0) is 12.8 Å². The van der Waals surface area contributed by atoms with Crippen molar-refractivity contribution in [3.63, 3.8) is 0 Å². The van der Waals surface area contributed by atoms with Crippen LogP contribution in [0.1, 0.15) is 12.8 Å². The number of halogens is 2. The van der Waals surface area contributed by atoms with Crippen molar-refractivity contribution >= 4 is 11.9 Å². The van der Waals surface area contributed by atoms with Crippen LogP contribution in [0.25, 0.3) is 0 Å². The summed E-state index contributed by atoms with van der Waals surface area (Å²) in [5.41, 5.74) is 0. The third-order valence-corrected chi connectivity index (χ3v) is 0.533. The van der Waals surface area contributed by atoms with E-state index in [1.165, 1.54) is 0 Å². The van der Waals surface area contributed by atoms with E-state index in [1.807, 2.05) is 0 Å². The fourth-order valence-corrected chi connectivity index (χ4v) is 0.204. The van der Waals surface area contributed by atoms with E-state index in [1.54, 1.807) is 0 Å². The summed E-state index contributed by atoms with van der Waals surface area (Å²) < 4.78 is 0. The molecule has 0 heterocycles. The Morgan fingerprint density at radius 3 is 1.20 bits per heavy atom. The topological polar surface area (TPSA) is 80.3 Å². The SMILES string of the molecule is O=C([O-])CCC(=O)[O-].[Cl-].[Cl-]. The van der Waals surface area contributed by atoms with Gasteiger partial charge in [0.05, 0.1) is 0 Å². The number of carboxylic acid groups (broad SMARTS) is 2. The first-order valence-corrected chi connectivity index (χ1v) is 2.02. The molecule has 0 radical (unpaired) electrons. The predicted octanol–water partition coefficient (Wildman–Crippen LogP) is -8.73. The van der Waals surface area contributed by atoms with E-state index in [-0.39, 0.29) is 24.8 Å². The minimum absolute atomic E-state index is 0.